The molecule has 0 radical (unpaired) electrons. The van der Waals surface area contributed by atoms with Gasteiger partial charge in [-0.05, 0) is 55.3 Å². The normalized spacial score (nSPS) is 15.4. The zero-order valence-electron chi connectivity index (χ0n) is 15.4. The molecule has 0 atom stereocenters. The minimum absolute atomic E-state index is 0.167. The highest BCUT2D eigenvalue weighted by Crippen LogP contribution is 2.30. The van der Waals surface area contributed by atoms with Gasteiger partial charge in [0.25, 0.3) is 5.91 Å². The molecule has 1 heterocycles. The Morgan fingerprint density at radius 3 is 2.36 bits per heavy atom. The summed E-state index contributed by atoms with van der Waals surface area (Å²) in [4.78, 5) is 14.6. The molecule has 1 fully saturated rings. The van der Waals surface area contributed by atoms with E-state index in [-0.39, 0.29) is 12.1 Å². The maximum Gasteiger partial charge on any atom is 0.416 e. The fourth-order valence-corrected chi connectivity index (χ4v) is 3.40. The van der Waals surface area contributed by atoms with E-state index in [4.69, 9.17) is 0 Å². The Kier molecular flexibility index (Phi) is 6.34. The number of rotatable bonds is 5. The van der Waals surface area contributed by atoms with Gasteiger partial charge < -0.3 is 5.32 Å². The number of hydrogen-bond donors (Lipinski definition) is 1. The molecule has 0 bridgehead atoms. The van der Waals surface area contributed by atoms with Gasteiger partial charge in [-0.2, -0.15) is 13.2 Å². The highest BCUT2D eigenvalue weighted by molar-refractivity contribution is 5.94. The maximum absolute atomic E-state index is 13.5. The lowest BCUT2D eigenvalue weighted by Gasteiger charge is -2.27. The number of carbonyl (C=O) groups is 1. The number of likely N-dealkylation sites (tertiary alicyclic amines) is 1. The molecule has 0 aromatic heterocycles. The smallest absolute Gasteiger partial charge is 0.348 e. The number of piperidine rings is 1. The van der Waals surface area contributed by atoms with E-state index < -0.39 is 23.5 Å². The molecule has 2 aromatic rings. The first-order valence-electron chi connectivity index (χ1n) is 9.28. The van der Waals surface area contributed by atoms with Crippen LogP contribution < -0.4 is 5.32 Å². The summed E-state index contributed by atoms with van der Waals surface area (Å²) < 4.78 is 52.0. The average molecular weight is 394 g/mol. The summed E-state index contributed by atoms with van der Waals surface area (Å²) in [6.45, 7) is 3.00. The van der Waals surface area contributed by atoms with E-state index in [0.717, 1.165) is 36.8 Å². The summed E-state index contributed by atoms with van der Waals surface area (Å²) in [7, 11) is 0. The first kappa shape index (κ1) is 20.3. The van der Waals surface area contributed by atoms with E-state index >= 15 is 0 Å². The van der Waals surface area contributed by atoms with Crippen LogP contribution in [0.2, 0.25) is 0 Å². The van der Waals surface area contributed by atoms with Crippen molar-refractivity contribution in [3.63, 3.8) is 0 Å². The van der Waals surface area contributed by atoms with Crippen LogP contribution in [0, 0.1) is 5.82 Å². The van der Waals surface area contributed by atoms with E-state index in [9.17, 15) is 22.4 Å². The summed E-state index contributed by atoms with van der Waals surface area (Å²) in [5.74, 6) is -1.83. The lowest BCUT2D eigenvalue weighted by atomic mass is 10.0. The first-order chi connectivity index (χ1) is 13.3. The number of carbonyl (C=O) groups excluding carboxylic acids is 1. The van der Waals surface area contributed by atoms with Gasteiger partial charge in [0, 0.05) is 18.7 Å². The van der Waals surface area contributed by atoms with Crippen LogP contribution in [0.25, 0.3) is 0 Å². The summed E-state index contributed by atoms with van der Waals surface area (Å²) in [5.41, 5.74) is 0.442. The lowest BCUT2D eigenvalue weighted by molar-refractivity contribution is -0.137. The Morgan fingerprint density at radius 1 is 1.00 bits per heavy atom. The Bertz CT molecular complexity index is 829. The van der Waals surface area contributed by atoms with Crippen molar-refractivity contribution in [2.75, 3.05) is 13.1 Å². The predicted molar refractivity (Wildman–Crippen MR) is 98.1 cm³/mol. The Labute approximate surface area is 161 Å². The number of alkyl halides is 3. The van der Waals surface area contributed by atoms with Gasteiger partial charge >= 0.3 is 6.18 Å². The van der Waals surface area contributed by atoms with Crippen molar-refractivity contribution in [2.24, 2.45) is 0 Å². The Balaban J connectivity index is 1.69. The third-order valence-corrected chi connectivity index (χ3v) is 4.89. The molecule has 0 unspecified atom stereocenters. The number of nitrogens with one attached hydrogen (secondary N) is 1. The third-order valence-electron chi connectivity index (χ3n) is 4.89. The SMILES string of the molecule is O=C(NCc1ccccc1CN1CCCCC1)c1cc(F)cc(C(F)(F)F)c1. The lowest BCUT2D eigenvalue weighted by Crippen LogP contribution is -2.30. The van der Waals surface area contributed by atoms with Crippen LogP contribution in [0.3, 0.4) is 0 Å². The van der Waals surface area contributed by atoms with Crippen molar-refractivity contribution in [2.45, 2.75) is 38.5 Å². The standard InChI is InChI=1S/C21H22F4N2O/c22-19-11-17(10-18(12-19)21(23,24)25)20(28)26-13-15-6-2-3-7-16(15)14-27-8-4-1-5-9-27/h2-3,6-7,10-12H,1,4-5,8-9,13-14H2,(H,26,28). The van der Waals surface area contributed by atoms with Crippen molar-refractivity contribution in [3.05, 3.63) is 70.5 Å². The van der Waals surface area contributed by atoms with Crippen LogP contribution in [-0.2, 0) is 19.3 Å². The number of nitrogens with zero attached hydrogens (tertiary/aromatic N) is 1. The van der Waals surface area contributed by atoms with Crippen LogP contribution in [0.5, 0.6) is 0 Å². The highest BCUT2D eigenvalue weighted by Gasteiger charge is 2.32. The summed E-state index contributed by atoms with van der Waals surface area (Å²) in [6, 6.07) is 9.50. The van der Waals surface area contributed by atoms with E-state index in [2.05, 4.69) is 10.2 Å². The molecule has 0 saturated carbocycles. The first-order valence-corrected chi connectivity index (χ1v) is 9.28. The Morgan fingerprint density at radius 2 is 1.68 bits per heavy atom. The van der Waals surface area contributed by atoms with Gasteiger partial charge in [-0.1, -0.05) is 30.7 Å². The van der Waals surface area contributed by atoms with Crippen molar-refractivity contribution < 1.29 is 22.4 Å². The molecule has 1 N–H and O–H groups in total. The van der Waals surface area contributed by atoms with Crippen molar-refractivity contribution in [1.29, 1.82) is 0 Å². The molecule has 1 aliphatic rings. The Hall–Kier alpha value is -2.41. The molecule has 0 aliphatic carbocycles. The van der Waals surface area contributed by atoms with Crippen LogP contribution in [0.1, 0.15) is 46.3 Å². The van der Waals surface area contributed by atoms with E-state index in [1.54, 1.807) is 0 Å². The monoisotopic (exact) mass is 394 g/mol. The molecule has 0 spiro atoms. The highest BCUT2D eigenvalue weighted by atomic mass is 19.4. The minimum Gasteiger partial charge on any atom is -0.348 e. The quantitative estimate of drug-likeness (QED) is 0.742. The largest absolute Gasteiger partial charge is 0.416 e. The maximum atomic E-state index is 13.5. The second kappa shape index (κ2) is 8.73. The van der Waals surface area contributed by atoms with Crippen LogP contribution in [0.15, 0.2) is 42.5 Å². The molecule has 28 heavy (non-hydrogen) atoms. The second-order valence-electron chi connectivity index (χ2n) is 7.01. The van der Waals surface area contributed by atoms with Gasteiger partial charge in [0.2, 0.25) is 0 Å². The number of halogens is 4. The van der Waals surface area contributed by atoms with Gasteiger partial charge in [0.15, 0.2) is 0 Å². The van der Waals surface area contributed by atoms with Gasteiger partial charge in [-0.25, -0.2) is 4.39 Å². The van der Waals surface area contributed by atoms with Crippen molar-refractivity contribution in [3.8, 4) is 0 Å². The molecular formula is C21H22F4N2O. The van der Waals surface area contributed by atoms with Gasteiger partial charge in [0.05, 0.1) is 5.56 Å². The van der Waals surface area contributed by atoms with E-state index in [0.29, 0.717) is 12.1 Å². The minimum atomic E-state index is -4.71. The summed E-state index contributed by atoms with van der Waals surface area (Å²) in [5, 5.41) is 2.61. The molecule has 7 heteroatoms. The average Bonchev–Trinajstić information content (AvgIpc) is 2.67. The third kappa shape index (κ3) is 5.32. The topological polar surface area (TPSA) is 32.3 Å². The van der Waals surface area contributed by atoms with Gasteiger partial charge in [-0.3, -0.25) is 9.69 Å². The molecule has 2 aromatic carbocycles. The molecule has 1 saturated heterocycles. The van der Waals surface area contributed by atoms with Gasteiger partial charge in [-0.15, -0.1) is 0 Å². The van der Waals surface area contributed by atoms with Crippen molar-refractivity contribution in [1.82, 2.24) is 10.2 Å². The van der Waals surface area contributed by atoms with E-state index in [1.165, 1.54) is 19.3 Å². The van der Waals surface area contributed by atoms with Crippen LogP contribution >= 0.6 is 0 Å². The summed E-state index contributed by atoms with van der Waals surface area (Å²) >= 11 is 0. The fraction of sp³-hybridized carbons (Fsp3) is 0.381. The van der Waals surface area contributed by atoms with E-state index in [1.807, 2.05) is 24.3 Å². The molecule has 1 amide bonds. The zero-order valence-corrected chi connectivity index (χ0v) is 15.4. The molecule has 3 rings (SSSR count). The van der Waals surface area contributed by atoms with Crippen molar-refractivity contribution >= 4 is 5.91 Å². The summed E-state index contributed by atoms with van der Waals surface area (Å²) in [6.07, 6.45) is -1.14. The molecule has 150 valence electrons. The molecular weight excluding hydrogens is 372 g/mol. The number of benzene rings is 2. The van der Waals surface area contributed by atoms with Crippen LogP contribution in [0.4, 0.5) is 17.6 Å². The fourth-order valence-electron chi connectivity index (χ4n) is 3.40. The predicted octanol–water partition coefficient (Wildman–Crippen LogP) is 4.76. The molecule has 3 nitrogen and oxygen atoms in total. The molecule has 1 aliphatic heterocycles. The van der Waals surface area contributed by atoms with Gasteiger partial charge in [0.1, 0.15) is 5.82 Å². The number of amides is 1. The van der Waals surface area contributed by atoms with Crippen LogP contribution in [-0.4, -0.2) is 23.9 Å². The zero-order chi connectivity index (χ0) is 20.1. The second-order valence-corrected chi connectivity index (χ2v) is 7.01. The number of hydrogen-bond acceptors (Lipinski definition) is 2.